The predicted octanol–water partition coefficient (Wildman–Crippen LogP) is 4.15. The number of rotatable bonds is 3. The molecule has 2 aromatic rings. The third-order valence-corrected chi connectivity index (χ3v) is 5.07. The number of halogens is 1. The van der Waals surface area contributed by atoms with Gasteiger partial charge in [0.25, 0.3) is 5.91 Å². The lowest BCUT2D eigenvalue weighted by molar-refractivity contribution is -0.121. The molecule has 1 aliphatic rings. The van der Waals surface area contributed by atoms with E-state index in [9.17, 15) is 14.7 Å². The Morgan fingerprint density at radius 3 is 2.33 bits per heavy atom. The highest BCUT2D eigenvalue weighted by molar-refractivity contribution is 6.31. The number of hydrogen-bond donors (Lipinski definition) is 2. The summed E-state index contributed by atoms with van der Waals surface area (Å²) in [6, 6.07) is 10.4. The van der Waals surface area contributed by atoms with Crippen LogP contribution in [0.4, 0.5) is 5.69 Å². The number of benzene rings is 2. The Labute approximate surface area is 163 Å². The Morgan fingerprint density at radius 1 is 1.07 bits per heavy atom. The molecular formula is C21H23ClN2O3. The molecule has 0 atom stereocenters. The van der Waals surface area contributed by atoms with E-state index in [2.05, 4.69) is 5.32 Å². The molecule has 6 heteroatoms. The molecule has 0 aromatic heterocycles. The minimum absolute atomic E-state index is 0.00754. The summed E-state index contributed by atoms with van der Waals surface area (Å²) in [4.78, 5) is 27.0. The van der Waals surface area contributed by atoms with Crippen LogP contribution >= 0.6 is 11.6 Å². The summed E-state index contributed by atoms with van der Waals surface area (Å²) in [7, 11) is 0. The molecule has 1 aliphatic heterocycles. The Hall–Kier alpha value is -2.53. The Morgan fingerprint density at radius 2 is 1.70 bits per heavy atom. The van der Waals surface area contributed by atoms with Crippen molar-refractivity contribution < 1.29 is 14.7 Å². The minimum Gasteiger partial charge on any atom is -0.506 e. The molecule has 0 bridgehead atoms. The molecule has 0 spiro atoms. The van der Waals surface area contributed by atoms with E-state index >= 15 is 0 Å². The van der Waals surface area contributed by atoms with Crippen molar-refractivity contribution in [1.29, 1.82) is 0 Å². The molecule has 1 saturated heterocycles. The van der Waals surface area contributed by atoms with E-state index in [1.54, 1.807) is 11.0 Å². The van der Waals surface area contributed by atoms with Crippen molar-refractivity contribution >= 4 is 29.1 Å². The molecule has 1 fully saturated rings. The lowest BCUT2D eigenvalue weighted by Crippen LogP contribution is -2.41. The van der Waals surface area contributed by atoms with Crippen LogP contribution in [0, 0.1) is 19.8 Å². The topological polar surface area (TPSA) is 69.6 Å². The van der Waals surface area contributed by atoms with Crippen LogP contribution in [0.5, 0.6) is 5.75 Å². The zero-order valence-corrected chi connectivity index (χ0v) is 16.2. The predicted molar refractivity (Wildman–Crippen MR) is 106 cm³/mol. The number of carbonyl (C=O) groups excluding carboxylic acids is 2. The maximum absolute atomic E-state index is 12.7. The minimum atomic E-state index is -0.202. The molecular weight excluding hydrogens is 364 g/mol. The summed E-state index contributed by atoms with van der Waals surface area (Å²) >= 11 is 5.91. The largest absolute Gasteiger partial charge is 0.506 e. The van der Waals surface area contributed by atoms with Crippen LogP contribution in [-0.4, -0.2) is 34.9 Å². The van der Waals surface area contributed by atoms with Gasteiger partial charge in [0, 0.05) is 29.6 Å². The fraction of sp³-hybridized carbons (Fsp3) is 0.333. The van der Waals surface area contributed by atoms with Crippen LogP contribution in [0.1, 0.15) is 34.3 Å². The maximum atomic E-state index is 12.7. The first-order chi connectivity index (χ1) is 12.8. The Balaban J connectivity index is 1.60. The van der Waals surface area contributed by atoms with E-state index < -0.39 is 0 Å². The third-order valence-electron chi connectivity index (χ3n) is 4.84. The van der Waals surface area contributed by atoms with Gasteiger partial charge >= 0.3 is 0 Å². The van der Waals surface area contributed by atoms with Crippen LogP contribution in [0.25, 0.3) is 0 Å². The molecule has 1 heterocycles. The van der Waals surface area contributed by atoms with Crippen LogP contribution in [0.2, 0.25) is 5.02 Å². The van der Waals surface area contributed by atoms with Crippen molar-refractivity contribution in [1.82, 2.24) is 4.90 Å². The zero-order valence-electron chi connectivity index (χ0n) is 15.5. The van der Waals surface area contributed by atoms with Gasteiger partial charge in [-0.2, -0.15) is 0 Å². The van der Waals surface area contributed by atoms with Crippen LogP contribution in [-0.2, 0) is 4.79 Å². The van der Waals surface area contributed by atoms with Crippen molar-refractivity contribution in [2.45, 2.75) is 26.7 Å². The summed E-state index contributed by atoms with van der Waals surface area (Å²) in [5.74, 6) is -0.374. The van der Waals surface area contributed by atoms with Crippen LogP contribution in [0.3, 0.4) is 0 Å². The van der Waals surface area contributed by atoms with Gasteiger partial charge in [0.15, 0.2) is 0 Å². The van der Waals surface area contributed by atoms with E-state index in [-0.39, 0.29) is 23.5 Å². The lowest BCUT2D eigenvalue weighted by Gasteiger charge is -2.31. The standard InChI is InChI=1S/C21H23ClN2O3/c1-13-9-14(2)11-16(10-13)21(27)24-7-5-15(6-8-24)20(26)23-18-12-17(22)3-4-19(18)25/h3-4,9-12,15,25H,5-8H2,1-2H3,(H,23,26). The number of nitrogens with one attached hydrogen (secondary N) is 1. The second-order valence-electron chi connectivity index (χ2n) is 7.09. The van der Waals surface area contributed by atoms with E-state index in [1.165, 1.54) is 12.1 Å². The molecule has 0 radical (unpaired) electrons. The van der Waals surface area contributed by atoms with Gasteiger partial charge in [0.05, 0.1) is 5.69 Å². The van der Waals surface area contributed by atoms with Gasteiger partial charge in [-0.1, -0.05) is 28.8 Å². The number of aromatic hydroxyl groups is 1. The number of amides is 2. The van der Waals surface area contributed by atoms with Crippen molar-refractivity contribution in [2.24, 2.45) is 5.92 Å². The normalized spacial score (nSPS) is 14.9. The highest BCUT2D eigenvalue weighted by Gasteiger charge is 2.28. The van der Waals surface area contributed by atoms with E-state index in [4.69, 9.17) is 11.6 Å². The van der Waals surface area contributed by atoms with E-state index in [0.29, 0.717) is 42.2 Å². The average Bonchev–Trinajstić information content (AvgIpc) is 2.63. The highest BCUT2D eigenvalue weighted by atomic mass is 35.5. The van der Waals surface area contributed by atoms with Crippen molar-refractivity contribution in [3.63, 3.8) is 0 Å². The fourth-order valence-corrected chi connectivity index (χ4v) is 3.64. The molecule has 142 valence electrons. The number of carbonyl (C=O) groups is 2. The number of hydrogen-bond acceptors (Lipinski definition) is 3. The number of phenolic OH excluding ortho intramolecular Hbond substituents is 1. The van der Waals surface area contributed by atoms with Crippen LogP contribution < -0.4 is 5.32 Å². The van der Waals surface area contributed by atoms with Gasteiger partial charge in [-0.05, 0) is 57.0 Å². The van der Waals surface area contributed by atoms with Gasteiger partial charge in [0.1, 0.15) is 5.75 Å². The second-order valence-corrected chi connectivity index (χ2v) is 7.53. The molecule has 0 aliphatic carbocycles. The third kappa shape index (κ3) is 4.61. The SMILES string of the molecule is Cc1cc(C)cc(C(=O)N2CCC(C(=O)Nc3cc(Cl)ccc3O)CC2)c1. The first-order valence-electron chi connectivity index (χ1n) is 9.00. The number of nitrogens with zero attached hydrogens (tertiary/aromatic N) is 1. The zero-order chi connectivity index (χ0) is 19.6. The summed E-state index contributed by atoms with van der Waals surface area (Å²) in [5, 5.41) is 13.0. The van der Waals surface area contributed by atoms with E-state index in [1.807, 2.05) is 32.0 Å². The molecule has 2 N–H and O–H groups in total. The summed E-state index contributed by atoms with van der Waals surface area (Å²) in [6.45, 7) is 5.02. The molecule has 3 rings (SSSR count). The van der Waals surface area contributed by atoms with Gasteiger partial charge in [0.2, 0.25) is 5.91 Å². The van der Waals surface area contributed by atoms with Gasteiger partial charge in [-0.15, -0.1) is 0 Å². The quantitative estimate of drug-likeness (QED) is 0.778. The average molecular weight is 387 g/mol. The molecule has 2 aromatic carbocycles. The Bertz CT molecular complexity index is 853. The van der Waals surface area contributed by atoms with Crippen molar-refractivity contribution in [2.75, 3.05) is 18.4 Å². The number of piperidine rings is 1. The van der Waals surface area contributed by atoms with Gasteiger partial charge in [-0.25, -0.2) is 0 Å². The van der Waals surface area contributed by atoms with E-state index in [0.717, 1.165) is 11.1 Å². The van der Waals surface area contributed by atoms with Crippen molar-refractivity contribution in [3.8, 4) is 5.75 Å². The maximum Gasteiger partial charge on any atom is 0.253 e. The summed E-state index contributed by atoms with van der Waals surface area (Å²) < 4.78 is 0. The lowest BCUT2D eigenvalue weighted by atomic mass is 9.95. The smallest absolute Gasteiger partial charge is 0.253 e. The molecule has 0 saturated carbocycles. The number of anilines is 1. The molecule has 2 amide bonds. The first kappa shape index (κ1) is 19.2. The van der Waals surface area contributed by atoms with Crippen molar-refractivity contribution in [3.05, 3.63) is 58.1 Å². The molecule has 0 unspecified atom stereocenters. The summed E-state index contributed by atoms with van der Waals surface area (Å²) in [6.07, 6.45) is 1.17. The monoisotopic (exact) mass is 386 g/mol. The van der Waals surface area contributed by atoms with Crippen LogP contribution in [0.15, 0.2) is 36.4 Å². The molecule has 5 nitrogen and oxygen atoms in total. The number of aryl methyl sites for hydroxylation is 2. The number of phenols is 1. The highest BCUT2D eigenvalue weighted by Crippen LogP contribution is 2.28. The first-order valence-corrected chi connectivity index (χ1v) is 9.38. The molecule has 27 heavy (non-hydrogen) atoms. The van der Waals surface area contributed by atoms with Gasteiger partial charge in [-0.3, -0.25) is 9.59 Å². The second kappa shape index (κ2) is 8.01. The number of likely N-dealkylation sites (tertiary alicyclic amines) is 1. The summed E-state index contributed by atoms with van der Waals surface area (Å²) in [5.41, 5.74) is 3.13. The van der Waals surface area contributed by atoms with Gasteiger partial charge < -0.3 is 15.3 Å². The fourth-order valence-electron chi connectivity index (χ4n) is 3.47. The Kier molecular flexibility index (Phi) is 5.71.